The SMILES string of the molecule is CCc1nc2c(C)cc(C)nc2n1Cc1ccc(-c2cc(Cl)ccc2C#N)nc1. The van der Waals surface area contributed by atoms with Crippen molar-refractivity contribution in [2.75, 3.05) is 0 Å². The average molecular weight is 402 g/mol. The summed E-state index contributed by atoms with van der Waals surface area (Å²) in [6.07, 6.45) is 2.67. The molecule has 0 fully saturated rings. The smallest absolute Gasteiger partial charge is 0.160 e. The fraction of sp³-hybridized carbons (Fsp3) is 0.217. The summed E-state index contributed by atoms with van der Waals surface area (Å²) in [6, 6.07) is 13.4. The Balaban J connectivity index is 1.72. The first-order valence-electron chi connectivity index (χ1n) is 9.48. The van der Waals surface area contributed by atoms with Gasteiger partial charge in [0.25, 0.3) is 0 Å². The number of imidazole rings is 1. The molecule has 0 radical (unpaired) electrons. The van der Waals surface area contributed by atoms with E-state index >= 15 is 0 Å². The first-order chi connectivity index (χ1) is 14.0. The first kappa shape index (κ1) is 19.1. The average Bonchev–Trinajstić information content (AvgIpc) is 3.06. The van der Waals surface area contributed by atoms with E-state index in [1.165, 1.54) is 0 Å². The highest BCUT2D eigenvalue weighted by molar-refractivity contribution is 6.30. The molecule has 3 heterocycles. The number of halogens is 1. The second-order valence-corrected chi connectivity index (χ2v) is 7.51. The maximum absolute atomic E-state index is 9.36. The molecule has 0 amide bonds. The van der Waals surface area contributed by atoms with Crippen LogP contribution in [0.1, 0.15) is 35.1 Å². The third-order valence-corrected chi connectivity index (χ3v) is 5.20. The minimum Gasteiger partial charge on any atom is -0.308 e. The monoisotopic (exact) mass is 401 g/mol. The van der Waals surface area contributed by atoms with Gasteiger partial charge < -0.3 is 4.57 Å². The number of benzene rings is 1. The second-order valence-electron chi connectivity index (χ2n) is 7.07. The highest BCUT2D eigenvalue weighted by Gasteiger charge is 2.14. The lowest BCUT2D eigenvalue weighted by atomic mass is 10.0. The number of nitriles is 1. The number of hydrogen-bond donors (Lipinski definition) is 0. The first-order valence-corrected chi connectivity index (χ1v) is 9.86. The van der Waals surface area contributed by atoms with Gasteiger partial charge in [-0.25, -0.2) is 9.97 Å². The number of fused-ring (bicyclic) bond motifs is 1. The Hall–Kier alpha value is -3.23. The Morgan fingerprint density at radius 2 is 1.93 bits per heavy atom. The van der Waals surface area contributed by atoms with Crippen LogP contribution in [0.15, 0.2) is 42.6 Å². The predicted octanol–water partition coefficient (Wildman–Crippen LogP) is 5.25. The molecule has 0 aliphatic carbocycles. The van der Waals surface area contributed by atoms with E-state index in [4.69, 9.17) is 21.6 Å². The third kappa shape index (κ3) is 3.59. The molecule has 0 spiro atoms. The van der Waals surface area contributed by atoms with E-state index in [1.807, 2.05) is 25.3 Å². The Labute approximate surface area is 174 Å². The lowest BCUT2D eigenvalue weighted by Crippen LogP contribution is -2.06. The van der Waals surface area contributed by atoms with E-state index in [1.54, 1.807) is 18.2 Å². The quantitative estimate of drug-likeness (QED) is 0.468. The fourth-order valence-corrected chi connectivity index (χ4v) is 3.74. The normalized spacial score (nSPS) is 11.0. The summed E-state index contributed by atoms with van der Waals surface area (Å²) in [5.74, 6) is 1.01. The number of rotatable bonds is 4. The van der Waals surface area contributed by atoms with Gasteiger partial charge in [-0.2, -0.15) is 5.26 Å². The Morgan fingerprint density at radius 1 is 1.10 bits per heavy atom. The molecule has 0 unspecified atom stereocenters. The highest BCUT2D eigenvalue weighted by atomic mass is 35.5. The minimum atomic E-state index is 0.554. The van der Waals surface area contributed by atoms with Crippen LogP contribution in [0.3, 0.4) is 0 Å². The van der Waals surface area contributed by atoms with Gasteiger partial charge in [-0.3, -0.25) is 4.98 Å². The van der Waals surface area contributed by atoms with E-state index in [0.29, 0.717) is 17.1 Å². The summed E-state index contributed by atoms with van der Waals surface area (Å²) in [4.78, 5) is 14.1. The van der Waals surface area contributed by atoms with Crippen molar-refractivity contribution in [2.24, 2.45) is 0 Å². The third-order valence-electron chi connectivity index (χ3n) is 4.96. The molecular formula is C23H20ClN5. The van der Waals surface area contributed by atoms with Gasteiger partial charge in [0.05, 0.1) is 23.9 Å². The lowest BCUT2D eigenvalue weighted by Gasteiger charge is -2.10. The molecule has 0 bridgehead atoms. The Morgan fingerprint density at radius 3 is 2.62 bits per heavy atom. The summed E-state index contributed by atoms with van der Waals surface area (Å²) in [7, 11) is 0. The standard InChI is InChI=1S/C23H20ClN5/c1-4-21-28-22-14(2)9-15(3)27-23(22)29(21)13-16-5-8-20(26-12-16)19-10-18(24)7-6-17(19)11-25/h5-10,12H,4,13H2,1-3H3. The zero-order valence-electron chi connectivity index (χ0n) is 16.6. The molecule has 0 N–H and O–H groups in total. The van der Waals surface area contributed by atoms with Gasteiger partial charge in [-0.1, -0.05) is 24.6 Å². The van der Waals surface area contributed by atoms with E-state index in [-0.39, 0.29) is 0 Å². The molecule has 0 atom stereocenters. The second kappa shape index (κ2) is 7.65. The van der Waals surface area contributed by atoms with E-state index in [9.17, 15) is 5.26 Å². The molecule has 4 rings (SSSR count). The van der Waals surface area contributed by atoms with Crippen LogP contribution < -0.4 is 0 Å². The summed E-state index contributed by atoms with van der Waals surface area (Å²) >= 11 is 6.11. The van der Waals surface area contributed by atoms with E-state index in [0.717, 1.165) is 51.5 Å². The lowest BCUT2D eigenvalue weighted by molar-refractivity contribution is 0.743. The van der Waals surface area contributed by atoms with Crippen molar-refractivity contribution < 1.29 is 0 Å². The van der Waals surface area contributed by atoms with Crippen LogP contribution in [0.5, 0.6) is 0 Å². The van der Waals surface area contributed by atoms with E-state index < -0.39 is 0 Å². The van der Waals surface area contributed by atoms with Gasteiger partial charge in [0.2, 0.25) is 0 Å². The van der Waals surface area contributed by atoms with Gasteiger partial charge in [-0.15, -0.1) is 0 Å². The topological polar surface area (TPSA) is 67.4 Å². The van der Waals surface area contributed by atoms with Crippen LogP contribution in [-0.2, 0) is 13.0 Å². The van der Waals surface area contributed by atoms with Crippen molar-refractivity contribution in [1.29, 1.82) is 5.26 Å². The number of pyridine rings is 2. The molecule has 0 aliphatic heterocycles. The molecule has 3 aromatic heterocycles. The molecule has 6 heteroatoms. The van der Waals surface area contributed by atoms with Crippen LogP contribution >= 0.6 is 11.6 Å². The Kier molecular flexibility index (Phi) is 5.04. The molecule has 1 aromatic carbocycles. The predicted molar refractivity (Wildman–Crippen MR) is 115 cm³/mol. The molecule has 144 valence electrons. The maximum atomic E-state index is 9.36. The molecule has 29 heavy (non-hydrogen) atoms. The van der Waals surface area contributed by atoms with Crippen LogP contribution in [-0.4, -0.2) is 19.5 Å². The van der Waals surface area contributed by atoms with Gasteiger partial charge in [0.15, 0.2) is 5.65 Å². The Bertz CT molecular complexity index is 1250. The van der Waals surface area contributed by atoms with Crippen molar-refractivity contribution in [3.63, 3.8) is 0 Å². The van der Waals surface area contributed by atoms with Gasteiger partial charge in [-0.05, 0) is 55.3 Å². The van der Waals surface area contributed by atoms with Crippen molar-refractivity contribution in [1.82, 2.24) is 19.5 Å². The zero-order valence-corrected chi connectivity index (χ0v) is 17.3. The molecule has 0 saturated carbocycles. The fourth-order valence-electron chi connectivity index (χ4n) is 3.57. The molecule has 0 saturated heterocycles. The molecule has 4 aromatic rings. The van der Waals surface area contributed by atoms with Crippen LogP contribution in [0.25, 0.3) is 22.4 Å². The number of nitrogens with zero attached hydrogens (tertiary/aromatic N) is 5. The maximum Gasteiger partial charge on any atom is 0.160 e. The molecular weight excluding hydrogens is 382 g/mol. The number of aromatic nitrogens is 4. The summed E-state index contributed by atoms with van der Waals surface area (Å²) < 4.78 is 2.16. The largest absolute Gasteiger partial charge is 0.308 e. The van der Waals surface area contributed by atoms with Crippen molar-refractivity contribution in [2.45, 2.75) is 33.7 Å². The number of hydrogen-bond acceptors (Lipinski definition) is 4. The van der Waals surface area contributed by atoms with E-state index in [2.05, 4.69) is 35.5 Å². The van der Waals surface area contributed by atoms with Crippen molar-refractivity contribution >= 4 is 22.8 Å². The summed E-state index contributed by atoms with van der Waals surface area (Å²) in [5.41, 5.74) is 7.05. The summed E-state index contributed by atoms with van der Waals surface area (Å²) in [6.45, 7) is 6.82. The van der Waals surface area contributed by atoms with Crippen LogP contribution in [0.2, 0.25) is 5.02 Å². The molecule has 0 aliphatic rings. The van der Waals surface area contributed by atoms with Crippen molar-refractivity contribution in [3.05, 3.63) is 75.8 Å². The van der Waals surface area contributed by atoms with Crippen LogP contribution in [0.4, 0.5) is 0 Å². The summed E-state index contributed by atoms with van der Waals surface area (Å²) in [5, 5.41) is 9.94. The van der Waals surface area contributed by atoms with Gasteiger partial charge in [0.1, 0.15) is 11.3 Å². The highest BCUT2D eigenvalue weighted by Crippen LogP contribution is 2.26. The zero-order chi connectivity index (χ0) is 20.5. The number of aryl methyl sites for hydroxylation is 3. The van der Waals surface area contributed by atoms with Gasteiger partial charge in [0, 0.05) is 28.9 Å². The minimum absolute atomic E-state index is 0.554. The van der Waals surface area contributed by atoms with Gasteiger partial charge >= 0.3 is 0 Å². The van der Waals surface area contributed by atoms with Crippen molar-refractivity contribution in [3.8, 4) is 17.3 Å². The molecule has 5 nitrogen and oxygen atoms in total. The van der Waals surface area contributed by atoms with Crippen LogP contribution in [0, 0.1) is 25.2 Å².